The number of hydrogen-bond donors (Lipinski definition) is 1. The second-order valence-electron chi connectivity index (χ2n) is 3.52. The van der Waals surface area contributed by atoms with Crippen molar-refractivity contribution in [2.75, 3.05) is 44.9 Å². The zero-order valence-electron chi connectivity index (χ0n) is 10.4. The van der Waals surface area contributed by atoms with Crippen molar-refractivity contribution in [1.82, 2.24) is 4.98 Å². The second kappa shape index (κ2) is 7.86. The molecule has 0 aliphatic rings. The van der Waals surface area contributed by atoms with Gasteiger partial charge < -0.3 is 19.5 Å². The number of hydrogen-bond acceptors (Lipinski definition) is 5. The Labute approximate surface area is 102 Å². The highest BCUT2D eigenvalue weighted by atomic mass is 16.5. The topological polar surface area (TPSA) is 54.8 Å². The van der Waals surface area contributed by atoms with E-state index in [0.717, 1.165) is 12.4 Å². The van der Waals surface area contributed by atoms with E-state index in [0.29, 0.717) is 25.7 Å². The van der Waals surface area contributed by atoms with Crippen LogP contribution >= 0.6 is 0 Å². The molecule has 0 aliphatic heterocycles. The summed E-state index contributed by atoms with van der Waals surface area (Å²) >= 11 is 0. The number of pyridine rings is 1. The number of aromatic nitrogens is 1. The summed E-state index contributed by atoms with van der Waals surface area (Å²) in [5.74, 6) is 1.48. The summed E-state index contributed by atoms with van der Waals surface area (Å²) < 4.78 is 10.5. The van der Waals surface area contributed by atoms with E-state index in [9.17, 15) is 0 Å². The molecule has 5 nitrogen and oxygen atoms in total. The Balaban J connectivity index is 2.44. The average molecular weight is 240 g/mol. The van der Waals surface area contributed by atoms with E-state index < -0.39 is 0 Å². The number of anilines is 1. The molecule has 1 aromatic rings. The van der Waals surface area contributed by atoms with Crippen molar-refractivity contribution in [2.45, 2.75) is 6.92 Å². The van der Waals surface area contributed by atoms with Crippen molar-refractivity contribution < 1.29 is 14.6 Å². The van der Waals surface area contributed by atoms with E-state index in [4.69, 9.17) is 14.6 Å². The third-order valence-electron chi connectivity index (χ3n) is 2.20. The molecule has 1 heterocycles. The van der Waals surface area contributed by atoms with Gasteiger partial charge in [-0.2, -0.15) is 4.98 Å². The monoisotopic (exact) mass is 240 g/mol. The fourth-order valence-electron chi connectivity index (χ4n) is 1.33. The molecule has 0 saturated carbocycles. The predicted molar refractivity (Wildman–Crippen MR) is 66.6 cm³/mol. The fraction of sp³-hybridized carbons (Fsp3) is 0.583. The van der Waals surface area contributed by atoms with Crippen molar-refractivity contribution in [3.8, 4) is 5.88 Å². The van der Waals surface area contributed by atoms with E-state index in [1.807, 2.05) is 37.1 Å². The van der Waals surface area contributed by atoms with Gasteiger partial charge in [-0.15, -0.1) is 0 Å². The van der Waals surface area contributed by atoms with Gasteiger partial charge in [-0.25, -0.2) is 0 Å². The minimum absolute atomic E-state index is 0.0573. The van der Waals surface area contributed by atoms with Gasteiger partial charge in [0.15, 0.2) is 0 Å². The lowest BCUT2D eigenvalue weighted by atomic mass is 10.4. The summed E-state index contributed by atoms with van der Waals surface area (Å²) in [6, 6.07) is 5.68. The van der Waals surface area contributed by atoms with Gasteiger partial charge in [0.05, 0.1) is 26.4 Å². The largest absolute Gasteiger partial charge is 0.478 e. The molecule has 0 saturated heterocycles. The number of rotatable bonds is 8. The zero-order chi connectivity index (χ0) is 12.5. The first kappa shape index (κ1) is 13.7. The number of ether oxygens (including phenoxy) is 2. The molecule has 0 spiro atoms. The highest BCUT2D eigenvalue weighted by molar-refractivity contribution is 5.39. The van der Waals surface area contributed by atoms with Crippen LogP contribution in [0.25, 0.3) is 0 Å². The predicted octanol–water partition coefficient (Wildman–Crippen LogP) is 0.925. The van der Waals surface area contributed by atoms with Gasteiger partial charge in [-0.3, -0.25) is 0 Å². The van der Waals surface area contributed by atoms with E-state index in [1.165, 1.54) is 0 Å². The molecule has 0 fully saturated rings. The number of aliphatic hydroxyl groups is 1. The molecular weight excluding hydrogens is 220 g/mol. The van der Waals surface area contributed by atoms with Crippen molar-refractivity contribution in [3.63, 3.8) is 0 Å². The molecule has 1 N–H and O–H groups in total. The van der Waals surface area contributed by atoms with Crippen molar-refractivity contribution in [1.29, 1.82) is 0 Å². The quantitative estimate of drug-likeness (QED) is 0.685. The van der Waals surface area contributed by atoms with E-state index in [-0.39, 0.29) is 6.61 Å². The summed E-state index contributed by atoms with van der Waals surface area (Å²) in [4.78, 5) is 6.35. The molecular formula is C12H20N2O3. The normalized spacial score (nSPS) is 10.3. The van der Waals surface area contributed by atoms with Gasteiger partial charge >= 0.3 is 0 Å². The number of nitrogens with zero attached hydrogens (tertiary/aromatic N) is 2. The Hall–Kier alpha value is -1.33. The summed E-state index contributed by atoms with van der Waals surface area (Å²) in [6.07, 6.45) is 0. The molecule has 0 amide bonds. The maximum Gasteiger partial charge on any atom is 0.215 e. The zero-order valence-corrected chi connectivity index (χ0v) is 10.4. The lowest BCUT2D eigenvalue weighted by Crippen LogP contribution is -2.24. The molecule has 0 aliphatic carbocycles. The van der Waals surface area contributed by atoms with E-state index in [1.54, 1.807) is 0 Å². The van der Waals surface area contributed by atoms with E-state index in [2.05, 4.69) is 4.98 Å². The minimum Gasteiger partial charge on any atom is -0.478 e. The fourth-order valence-corrected chi connectivity index (χ4v) is 1.33. The third-order valence-corrected chi connectivity index (χ3v) is 2.20. The van der Waals surface area contributed by atoms with Crippen molar-refractivity contribution in [2.24, 2.45) is 0 Å². The Morgan fingerprint density at radius 2 is 2.18 bits per heavy atom. The number of aliphatic hydroxyl groups excluding tert-OH is 1. The van der Waals surface area contributed by atoms with Crippen LogP contribution in [-0.2, 0) is 4.74 Å². The lowest BCUT2D eigenvalue weighted by molar-refractivity contribution is 0.0970. The lowest BCUT2D eigenvalue weighted by Gasteiger charge is -2.18. The maximum absolute atomic E-state index is 8.58. The van der Waals surface area contributed by atoms with E-state index >= 15 is 0 Å². The Kier molecular flexibility index (Phi) is 6.35. The molecule has 1 aromatic heterocycles. The van der Waals surface area contributed by atoms with Gasteiger partial charge in [-0.1, -0.05) is 6.07 Å². The van der Waals surface area contributed by atoms with Gasteiger partial charge in [0.25, 0.3) is 0 Å². The Morgan fingerprint density at radius 1 is 1.35 bits per heavy atom. The van der Waals surface area contributed by atoms with Crippen molar-refractivity contribution in [3.05, 3.63) is 18.2 Å². The standard InChI is InChI=1S/C12H20N2O3/c1-3-17-12-6-4-5-11(13-12)14(2)7-9-16-10-8-15/h4-6,15H,3,7-10H2,1-2H3. The molecule has 0 atom stereocenters. The first-order valence-corrected chi connectivity index (χ1v) is 5.77. The first-order chi connectivity index (χ1) is 8.27. The molecule has 0 unspecified atom stereocenters. The molecule has 0 bridgehead atoms. The van der Waals surface area contributed by atoms with Gasteiger partial charge in [-0.05, 0) is 13.0 Å². The Morgan fingerprint density at radius 3 is 2.88 bits per heavy atom. The van der Waals surface area contributed by atoms with Crippen LogP contribution in [0.5, 0.6) is 5.88 Å². The van der Waals surface area contributed by atoms with Crippen LogP contribution < -0.4 is 9.64 Å². The summed E-state index contributed by atoms with van der Waals surface area (Å²) in [6.45, 7) is 4.27. The first-order valence-electron chi connectivity index (χ1n) is 5.77. The smallest absolute Gasteiger partial charge is 0.215 e. The summed E-state index contributed by atoms with van der Waals surface area (Å²) in [5.41, 5.74) is 0. The molecule has 0 radical (unpaired) electrons. The van der Waals surface area contributed by atoms with Crippen LogP contribution in [0.4, 0.5) is 5.82 Å². The summed E-state index contributed by atoms with van der Waals surface area (Å²) in [5, 5.41) is 8.58. The molecule has 0 aromatic carbocycles. The van der Waals surface area contributed by atoms with Gasteiger partial charge in [0.1, 0.15) is 5.82 Å². The van der Waals surface area contributed by atoms with Gasteiger partial charge in [0.2, 0.25) is 5.88 Å². The van der Waals surface area contributed by atoms with Crippen LogP contribution in [-0.4, -0.2) is 50.1 Å². The molecule has 17 heavy (non-hydrogen) atoms. The molecule has 96 valence electrons. The SMILES string of the molecule is CCOc1cccc(N(C)CCOCCO)n1. The molecule has 1 rings (SSSR count). The average Bonchev–Trinajstić information content (AvgIpc) is 2.35. The highest BCUT2D eigenvalue weighted by Crippen LogP contribution is 2.14. The second-order valence-corrected chi connectivity index (χ2v) is 3.52. The Bertz CT molecular complexity index is 320. The van der Waals surface area contributed by atoms with Crippen LogP contribution in [0.3, 0.4) is 0 Å². The van der Waals surface area contributed by atoms with Crippen LogP contribution in [0.1, 0.15) is 6.92 Å². The third kappa shape index (κ3) is 5.01. The maximum atomic E-state index is 8.58. The highest BCUT2D eigenvalue weighted by Gasteiger charge is 2.03. The van der Waals surface area contributed by atoms with Crippen molar-refractivity contribution >= 4 is 5.82 Å². The minimum atomic E-state index is 0.0573. The van der Waals surface area contributed by atoms with Crippen LogP contribution in [0.15, 0.2) is 18.2 Å². The number of likely N-dealkylation sites (N-methyl/N-ethyl adjacent to an activating group) is 1. The van der Waals surface area contributed by atoms with Crippen LogP contribution in [0, 0.1) is 0 Å². The van der Waals surface area contributed by atoms with Gasteiger partial charge in [0, 0.05) is 19.7 Å². The molecule has 5 heteroatoms. The summed E-state index contributed by atoms with van der Waals surface area (Å²) in [7, 11) is 1.94. The van der Waals surface area contributed by atoms with Crippen LogP contribution in [0.2, 0.25) is 0 Å².